The molecule has 192 valence electrons. The largest absolute Gasteiger partial charge is 0.491 e. The highest BCUT2D eigenvalue weighted by Gasteiger charge is 2.22. The van der Waals surface area contributed by atoms with Gasteiger partial charge < -0.3 is 19.0 Å². The number of piperidine rings is 1. The van der Waals surface area contributed by atoms with Gasteiger partial charge in [0.05, 0.1) is 18.5 Å². The number of carbonyl (C=O) groups excluding carboxylic acids is 1. The smallest absolute Gasteiger partial charge is 0.306 e. The molecule has 0 bridgehead atoms. The van der Waals surface area contributed by atoms with E-state index in [0.717, 1.165) is 55.8 Å². The van der Waals surface area contributed by atoms with Crippen LogP contribution in [0.25, 0.3) is 0 Å². The molecule has 2 aromatic rings. The molecule has 0 spiro atoms. The number of nitrogens with one attached hydrogen (secondary N) is 1. The van der Waals surface area contributed by atoms with Gasteiger partial charge in [-0.3, -0.25) is 9.69 Å². The predicted molar refractivity (Wildman–Crippen MR) is 136 cm³/mol. The molecule has 1 N–H and O–H groups in total. The number of nitrogens with zero attached hydrogens (tertiary/aromatic N) is 1. The molecule has 0 unspecified atom stereocenters. The monoisotopic (exact) mass is 504 g/mol. The standard InChI is InChI=1S/C26H36N2O6S/c1-18(2)32-24-13-20(14-25(16-24)33-19(3)4)17-28-11-9-22(10-12-28)27-26(29)21-7-6-8-23(15-21)34-35(5,30)31/h6-8,13-16,18-19,22H,9-12,17H2,1-5H3,(H,27,29). The van der Waals surface area contributed by atoms with Crippen molar-refractivity contribution < 1.29 is 26.9 Å². The Labute approximate surface area is 208 Å². The quantitative estimate of drug-likeness (QED) is 0.489. The number of hydrogen-bond donors (Lipinski definition) is 1. The predicted octanol–water partition coefficient (Wildman–Crippen LogP) is 3.99. The second-order valence-electron chi connectivity index (χ2n) is 9.49. The molecular formula is C26H36N2O6S. The summed E-state index contributed by atoms with van der Waals surface area (Å²) in [5.41, 5.74) is 1.50. The summed E-state index contributed by atoms with van der Waals surface area (Å²) in [6, 6.07) is 12.3. The summed E-state index contributed by atoms with van der Waals surface area (Å²) in [5.74, 6) is 1.49. The summed E-state index contributed by atoms with van der Waals surface area (Å²) >= 11 is 0. The molecule has 3 rings (SSSR count). The van der Waals surface area contributed by atoms with Crippen LogP contribution in [0.4, 0.5) is 0 Å². The van der Waals surface area contributed by atoms with E-state index in [-0.39, 0.29) is 29.9 Å². The Morgan fingerprint density at radius 2 is 1.57 bits per heavy atom. The van der Waals surface area contributed by atoms with Crippen molar-refractivity contribution in [3.8, 4) is 17.2 Å². The minimum atomic E-state index is -3.65. The van der Waals surface area contributed by atoms with E-state index in [1.54, 1.807) is 12.1 Å². The van der Waals surface area contributed by atoms with Crippen LogP contribution in [0.1, 0.15) is 56.5 Å². The number of carbonyl (C=O) groups is 1. The highest BCUT2D eigenvalue weighted by Crippen LogP contribution is 2.26. The van der Waals surface area contributed by atoms with Gasteiger partial charge in [0.15, 0.2) is 0 Å². The van der Waals surface area contributed by atoms with Crippen LogP contribution in [0, 0.1) is 0 Å². The van der Waals surface area contributed by atoms with Gasteiger partial charge in [0.1, 0.15) is 17.2 Å². The molecule has 1 fully saturated rings. The third-order valence-corrected chi connectivity index (χ3v) is 5.85. The summed E-state index contributed by atoms with van der Waals surface area (Å²) < 4.78 is 39.4. The van der Waals surface area contributed by atoms with Crippen molar-refractivity contribution in [1.29, 1.82) is 0 Å². The van der Waals surface area contributed by atoms with E-state index in [2.05, 4.69) is 22.3 Å². The van der Waals surface area contributed by atoms with Gasteiger partial charge in [-0.2, -0.15) is 8.42 Å². The van der Waals surface area contributed by atoms with E-state index >= 15 is 0 Å². The van der Waals surface area contributed by atoms with Crippen molar-refractivity contribution in [1.82, 2.24) is 10.2 Å². The first-order valence-corrected chi connectivity index (χ1v) is 13.8. The second kappa shape index (κ2) is 11.8. The SMILES string of the molecule is CC(C)Oc1cc(CN2CCC(NC(=O)c3cccc(OS(C)(=O)=O)c3)CC2)cc(OC(C)C)c1. The van der Waals surface area contributed by atoms with Gasteiger partial charge in [0, 0.05) is 37.3 Å². The molecule has 0 saturated carbocycles. The van der Waals surface area contributed by atoms with E-state index < -0.39 is 10.1 Å². The molecule has 1 heterocycles. The molecular weight excluding hydrogens is 468 g/mol. The minimum absolute atomic E-state index is 0.0497. The molecule has 0 aliphatic carbocycles. The summed E-state index contributed by atoms with van der Waals surface area (Å²) in [6.45, 7) is 10.5. The van der Waals surface area contributed by atoms with E-state index in [1.165, 1.54) is 12.1 Å². The van der Waals surface area contributed by atoms with Crippen molar-refractivity contribution >= 4 is 16.0 Å². The van der Waals surface area contributed by atoms with Crippen LogP contribution in [0.5, 0.6) is 17.2 Å². The summed E-state index contributed by atoms with van der Waals surface area (Å²) in [5, 5.41) is 3.06. The zero-order valence-corrected chi connectivity index (χ0v) is 21.9. The molecule has 1 aliphatic rings. The van der Waals surface area contributed by atoms with Crippen LogP contribution in [0.2, 0.25) is 0 Å². The Bertz CT molecular complexity index is 1080. The van der Waals surface area contributed by atoms with Crippen molar-refractivity contribution in [2.45, 2.75) is 65.3 Å². The number of ether oxygens (including phenoxy) is 2. The number of rotatable bonds is 10. The van der Waals surface area contributed by atoms with Gasteiger partial charge >= 0.3 is 10.1 Å². The van der Waals surface area contributed by atoms with Crippen molar-refractivity contribution in [2.75, 3.05) is 19.3 Å². The lowest BCUT2D eigenvalue weighted by Crippen LogP contribution is -2.44. The summed E-state index contributed by atoms with van der Waals surface area (Å²) in [7, 11) is -3.65. The molecule has 0 atom stereocenters. The first-order valence-electron chi connectivity index (χ1n) is 12.0. The fourth-order valence-electron chi connectivity index (χ4n) is 4.03. The Balaban J connectivity index is 1.56. The number of likely N-dealkylation sites (tertiary alicyclic amines) is 1. The number of benzene rings is 2. The van der Waals surface area contributed by atoms with E-state index in [0.29, 0.717) is 5.56 Å². The molecule has 0 aromatic heterocycles. The van der Waals surface area contributed by atoms with Crippen LogP contribution in [-0.2, 0) is 16.7 Å². The van der Waals surface area contributed by atoms with Crippen molar-refractivity contribution in [3.63, 3.8) is 0 Å². The van der Waals surface area contributed by atoms with Crippen molar-refractivity contribution in [2.24, 2.45) is 0 Å². The highest BCUT2D eigenvalue weighted by atomic mass is 32.2. The topological polar surface area (TPSA) is 94.2 Å². The Hall–Kier alpha value is -2.78. The van der Waals surface area contributed by atoms with Gasteiger partial charge in [-0.1, -0.05) is 6.07 Å². The first-order chi connectivity index (χ1) is 16.5. The molecule has 8 nitrogen and oxygen atoms in total. The molecule has 0 radical (unpaired) electrons. The normalized spacial score (nSPS) is 15.3. The zero-order chi connectivity index (χ0) is 25.6. The van der Waals surface area contributed by atoms with Crippen LogP contribution in [0.3, 0.4) is 0 Å². The zero-order valence-electron chi connectivity index (χ0n) is 21.1. The minimum Gasteiger partial charge on any atom is -0.491 e. The Morgan fingerprint density at radius 1 is 0.971 bits per heavy atom. The molecule has 35 heavy (non-hydrogen) atoms. The summed E-state index contributed by atoms with van der Waals surface area (Å²) in [4.78, 5) is 15.1. The van der Waals surface area contributed by atoms with E-state index in [4.69, 9.17) is 13.7 Å². The lowest BCUT2D eigenvalue weighted by molar-refractivity contribution is 0.0908. The van der Waals surface area contributed by atoms with Gasteiger partial charge in [-0.05, 0) is 76.4 Å². The molecule has 2 aromatic carbocycles. The average molecular weight is 505 g/mol. The maximum atomic E-state index is 12.7. The lowest BCUT2D eigenvalue weighted by atomic mass is 10.0. The molecule has 1 saturated heterocycles. The van der Waals surface area contributed by atoms with Crippen LogP contribution >= 0.6 is 0 Å². The number of hydrogen-bond acceptors (Lipinski definition) is 7. The summed E-state index contributed by atoms with van der Waals surface area (Å²) in [6.07, 6.45) is 2.77. The van der Waals surface area contributed by atoms with Gasteiger partial charge in [0.25, 0.3) is 5.91 Å². The van der Waals surface area contributed by atoms with Gasteiger partial charge in [0.2, 0.25) is 0 Å². The van der Waals surface area contributed by atoms with Crippen molar-refractivity contribution in [3.05, 3.63) is 53.6 Å². The van der Waals surface area contributed by atoms with E-state index in [1.807, 2.05) is 33.8 Å². The lowest BCUT2D eigenvalue weighted by Gasteiger charge is -2.32. The third-order valence-electron chi connectivity index (χ3n) is 5.36. The fourth-order valence-corrected chi connectivity index (χ4v) is 4.48. The maximum Gasteiger partial charge on any atom is 0.306 e. The molecule has 1 amide bonds. The van der Waals surface area contributed by atoms with E-state index in [9.17, 15) is 13.2 Å². The average Bonchev–Trinajstić information content (AvgIpc) is 2.73. The van der Waals surface area contributed by atoms with Gasteiger partial charge in [-0.25, -0.2) is 0 Å². The number of amides is 1. The second-order valence-corrected chi connectivity index (χ2v) is 11.1. The Morgan fingerprint density at radius 3 is 2.11 bits per heavy atom. The first kappa shape index (κ1) is 26.8. The Kier molecular flexibility index (Phi) is 9.02. The molecule has 9 heteroatoms. The fraction of sp³-hybridized carbons (Fsp3) is 0.500. The van der Waals surface area contributed by atoms with Gasteiger partial charge in [-0.15, -0.1) is 0 Å². The van der Waals surface area contributed by atoms with Crippen LogP contribution < -0.4 is 19.0 Å². The molecule has 1 aliphatic heterocycles. The third kappa shape index (κ3) is 9.07. The highest BCUT2D eigenvalue weighted by molar-refractivity contribution is 7.86. The van der Waals surface area contributed by atoms with Crippen LogP contribution in [-0.4, -0.2) is 56.8 Å². The maximum absolute atomic E-state index is 12.7. The van der Waals surface area contributed by atoms with Crippen LogP contribution in [0.15, 0.2) is 42.5 Å².